The van der Waals surface area contributed by atoms with E-state index in [1.54, 1.807) is 6.20 Å². The van der Waals surface area contributed by atoms with Crippen molar-refractivity contribution in [2.45, 2.75) is 12.8 Å². The molecule has 0 saturated carbocycles. The van der Waals surface area contributed by atoms with Crippen molar-refractivity contribution in [3.8, 4) is 0 Å². The number of primary amides is 1. The van der Waals surface area contributed by atoms with Gasteiger partial charge in [0, 0.05) is 14.0 Å². The van der Waals surface area contributed by atoms with E-state index in [4.69, 9.17) is 7.10 Å². The van der Waals surface area contributed by atoms with Gasteiger partial charge in [-0.05, 0) is 6.42 Å². The van der Waals surface area contributed by atoms with Crippen LogP contribution in [0.25, 0.3) is 0 Å². The van der Waals surface area contributed by atoms with Crippen LogP contribution in [0.2, 0.25) is 0 Å². The molecule has 0 aliphatic rings. The van der Waals surface area contributed by atoms with Crippen LogP contribution in [0, 0.1) is 0 Å². The largest absolute Gasteiger partial charge is 0.370 e. The van der Waals surface area contributed by atoms with Gasteiger partial charge in [-0.3, -0.25) is 4.79 Å². The van der Waals surface area contributed by atoms with Crippen molar-refractivity contribution < 1.29 is 6.17 Å². The fraction of sp³-hybridized carbons (Fsp3) is 0.333. The summed E-state index contributed by atoms with van der Waals surface area (Å²) in [5.74, 6) is -0.618. The van der Waals surface area contributed by atoms with Gasteiger partial charge < -0.3 is 10.7 Å². The van der Waals surface area contributed by atoms with Crippen LogP contribution < -0.4 is 5.73 Å². The third kappa shape index (κ3) is 1.89. The molecular weight excluding hydrogens is 130 g/mol. The summed E-state index contributed by atoms with van der Waals surface area (Å²) in [5.41, 5.74) is 5.57. The van der Waals surface area contributed by atoms with E-state index in [9.17, 15) is 4.79 Å². The van der Waals surface area contributed by atoms with Crippen molar-refractivity contribution in [2.24, 2.45) is 5.73 Å². The number of nitrogens with zero attached hydrogens (tertiary/aromatic N) is 1. The first-order chi connectivity index (χ1) is 5.20. The number of rotatable bonds is 3. The van der Waals surface area contributed by atoms with Crippen LogP contribution in [-0.2, 0) is 11.2 Å². The Morgan fingerprint density at radius 3 is 3.30 bits per heavy atom. The predicted octanol–water partition coefficient (Wildman–Crippen LogP) is -0.172. The molecule has 0 aliphatic carbocycles. The van der Waals surface area contributed by atoms with Crippen LogP contribution in [-0.4, -0.2) is 15.9 Å². The molecule has 54 valence electrons. The maximum absolute atomic E-state index is 10.4. The average molecular weight is 140 g/mol. The van der Waals surface area contributed by atoms with Crippen LogP contribution in [0.1, 0.15) is 13.5 Å². The maximum atomic E-state index is 10.4. The molecule has 1 aromatic heterocycles. The third-order valence-electron chi connectivity index (χ3n) is 1.07. The fourth-order valence-electron chi connectivity index (χ4n) is 0.608. The molecule has 3 N–H and O–H groups in total. The number of carbonyl (C=O) groups is 1. The number of imidazole rings is 1. The Kier molecular flexibility index (Phi) is 1.64. The number of amides is 1. The predicted molar refractivity (Wildman–Crippen MR) is 36.1 cm³/mol. The Hall–Kier alpha value is -1.32. The van der Waals surface area contributed by atoms with Gasteiger partial charge >= 0.3 is 0 Å². The number of H-pyrrole nitrogens is 1. The summed E-state index contributed by atoms with van der Waals surface area (Å²) in [6, 6.07) is 0. The van der Waals surface area contributed by atoms with E-state index in [1.807, 2.05) is 0 Å². The molecule has 0 aliphatic heterocycles. The lowest BCUT2D eigenvalue weighted by Crippen LogP contribution is -2.11. The molecule has 1 atom stereocenters. The Morgan fingerprint density at radius 2 is 2.80 bits per heavy atom. The highest BCUT2D eigenvalue weighted by Crippen LogP contribution is 1.94. The van der Waals surface area contributed by atoms with Crippen LogP contribution in [0.5, 0.6) is 0 Å². The second-order valence-corrected chi connectivity index (χ2v) is 1.87. The molecule has 1 heterocycles. The molecule has 4 heteroatoms. The highest BCUT2D eigenvalue weighted by molar-refractivity contribution is 5.73. The van der Waals surface area contributed by atoms with E-state index in [2.05, 4.69) is 9.97 Å². The molecule has 1 rings (SSSR count). The lowest BCUT2D eigenvalue weighted by molar-refractivity contribution is -0.118. The van der Waals surface area contributed by atoms with Crippen molar-refractivity contribution >= 4 is 5.91 Å². The Labute approximate surface area is 59.9 Å². The molecule has 0 aromatic carbocycles. The fourth-order valence-corrected chi connectivity index (χ4v) is 0.608. The van der Waals surface area contributed by atoms with E-state index >= 15 is 0 Å². The molecule has 0 bridgehead atoms. The molecule has 4 nitrogen and oxygen atoms in total. The average Bonchev–Trinajstić information content (AvgIpc) is 2.39. The summed E-state index contributed by atoms with van der Waals surface area (Å²) in [6.07, 6.45) is 2.53. The van der Waals surface area contributed by atoms with E-state index < -0.39 is 12.3 Å². The molecule has 0 radical (unpaired) electrons. The summed E-state index contributed by atoms with van der Waals surface area (Å²) in [4.78, 5) is 17.0. The summed E-state index contributed by atoms with van der Waals surface area (Å²) >= 11 is 0. The number of aryl methyl sites for hydroxylation is 1. The van der Waals surface area contributed by atoms with Crippen LogP contribution in [0.15, 0.2) is 12.5 Å². The van der Waals surface area contributed by atoms with Gasteiger partial charge in [-0.1, -0.05) is 0 Å². The number of hydrogen-bond acceptors (Lipinski definition) is 2. The molecule has 1 unspecified atom stereocenters. The summed E-state index contributed by atoms with van der Waals surface area (Å²) in [5, 5.41) is 0. The molecule has 0 fully saturated rings. The van der Waals surface area contributed by atoms with Crippen molar-refractivity contribution in [2.75, 3.05) is 0 Å². The normalized spacial score (nSPS) is 14.2. The number of nitrogens with two attached hydrogens (primary N) is 1. The second kappa shape index (κ2) is 3.00. The second-order valence-electron chi connectivity index (χ2n) is 1.87. The van der Waals surface area contributed by atoms with E-state index in [0.29, 0.717) is 5.69 Å². The van der Waals surface area contributed by atoms with Gasteiger partial charge in [0.25, 0.3) is 0 Å². The maximum Gasteiger partial charge on any atom is 0.217 e. The van der Waals surface area contributed by atoms with Gasteiger partial charge in [-0.25, -0.2) is 4.98 Å². The van der Waals surface area contributed by atoms with Gasteiger partial charge in [-0.15, -0.1) is 0 Å². The van der Waals surface area contributed by atoms with Crippen molar-refractivity contribution in [1.82, 2.24) is 9.97 Å². The first-order valence-electron chi connectivity index (χ1n) is 3.47. The third-order valence-corrected chi connectivity index (χ3v) is 1.07. The van der Waals surface area contributed by atoms with Crippen molar-refractivity contribution in [3.05, 3.63) is 18.2 Å². The van der Waals surface area contributed by atoms with Gasteiger partial charge in [-0.2, -0.15) is 0 Å². The van der Waals surface area contributed by atoms with Gasteiger partial charge in [0.05, 0.1) is 12.0 Å². The minimum Gasteiger partial charge on any atom is -0.370 e. The summed E-state index contributed by atoms with van der Waals surface area (Å²) in [7, 11) is 0. The lowest BCUT2D eigenvalue weighted by atomic mass is 10.2. The van der Waals surface area contributed by atoms with Gasteiger partial charge in [0.2, 0.25) is 5.91 Å². The first kappa shape index (κ1) is 5.46. The zero-order chi connectivity index (χ0) is 8.27. The Balaban J connectivity index is 2.50. The summed E-state index contributed by atoms with van der Waals surface area (Å²) in [6.45, 7) is 0. The lowest BCUT2D eigenvalue weighted by Gasteiger charge is -1.89. The Morgan fingerprint density at radius 1 is 2.00 bits per heavy atom. The van der Waals surface area contributed by atoms with Crippen molar-refractivity contribution in [1.29, 1.82) is 0 Å². The number of nitrogens with one attached hydrogen (secondary N) is 1. The molecule has 0 saturated heterocycles. The highest BCUT2D eigenvalue weighted by Gasteiger charge is 1.96. The van der Waals surface area contributed by atoms with E-state index in [1.165, 1.54) is 6.33 Å². The van der Waals surface area contributed by atoms with E-state index in [0.717, 1.165) is 0 Å². The van der Waals surface area contributed by atoms with Crippen LogP contribution in [0.3, 0.4) is 0 Å². The van der Waals surface area contributed by atoms with Crippen LogP contribution in [0.4, 0.5) is 0 Å². The molecule has 1 amide bonds. The van der Waals surface area contributed by atoms with E-state index in [-0.39, 0.29) is 6.42 Å². The Bertz CT molecular complexity index is 234. The highest BCUT2D eigenvalue weighted by atomic mass is 16.1. The SMILES string of the molecule is [2H]C(Cc1c[nH]cn1)C(N)=O. The standard InChI is InChI=1S/C6H9N3O/c7-6(10)2-1-5-3-8-4-9-5/h3-4H,1-2H2,(H2,7,10)(H,8,9)/i2D. The molecular formula is C6H9N3O. The first-order valence-corrected chi connectivity index (χ1v) is 2.89. The zero-order valence-electron chi connectivity index (χ0n) is 6.37. The minimum atomic E-state index is -0.890. The smallest absolute Gasteiger partial charge is 0.217 e. The summed E-state index contributed by atoms with van der Waals surface area (Å²) < 4.78 is 7.17. The monoisotopic (exact) mass is 140 g/mol. The number of carbonyl (C=O) groups excluding carboxylic acids is 1. The number of hydrogen-bond donors (Lipinski definition) is 2. The molecule has 0 spiro atoms. The zero-order valence-corrected chi connectivity index (χ0v) is 5.37. The van der Waals surface area contributed by atoms with Crippen molar-refractivity contribution in [3.63, 3.8) is 0 Å². The molecule has 10 heavy (non-hydrogen) atoms. The van der Waals surface area contributed by atoms with Gasteiger partial charge in [0.1, 0.15) is 0 Å². The topological polar surface area (TPSA) is 71.8 Å². The number of aromatic nitrogens is 2. The quantitative estimate of drug-likeness (QED) is 0.611. The molecule has 1 aromatic rings. The minimum absolute atomic E-state index is 0.277. The van der Waals surface area contributed by atoms with Crippen LogP contribution >= 0.6 is 0 Å². The van der Waals surface area contributed by atoms with Gasteiger partial charge in [0.15, 0.2) is 0 Å². The number of aromatic amines is 1.